The minimum Gasteiger partial charge on any atom is -0.497 e. The number of hydrogen-bond acceptors (Lipinski definition) is 5. The maximum absolute atomic E-state index is 14.1. The fraction of sp³-hybridized carbons (Fsp3) is 0.333. The van der Waals surface area contributed by atoms with Crippen molar-refractivity contribution < 1.29 is 23.8 Å². The highest BCUT2D eigenvalue weighted by Gasteiger charge is 2.25. The van der Waals surface area contributed by atoms with Crippen molar-refractivity contribution in [3.8, 4) is 17.2 Å². The number of carbonyl (C=O) groups is 2. The molecule has 232 valence electrons. The minimum absolute atomic E-state index is 0.0405. The first-order valence-electron chi connectivity index (χ1n) is 15.1. The summed E-state index contributed by atoms with van der Waals surface area (Å²) in [6.45, 7) is 4.01. The van der Waals surface area contributed by atoms with E-state index in [1.165, 1.54) is 7.11 Å². The van der Waals surface area contributed by atoms with Gasteiger partial charge < -0.3 is 28.6 Å². The van der Waals surface area contributed by atoms with Gasteiger partial charge in [-0.05, 0) is 53.9 Å². The van der Waals surface area contributed by atoms with Gasteiger partial charge in [0.15, 0.2) is 0 Å². The first-order chi connectivity index (χ1) is 21.4. The van der Waals surface area contributed by atoms with Gasteiger partial charge in [-0.25, -0.2) is 0 Å². The first kappa shape index (κ1) is 32.2. The number of carbonyl (C=O) groups excluding carboxylic acids is 2. The molecule has 3 aromatic carbocycles. The van der Waals surface area contributed by atoms with Crippen molar-refractivity contribution in [2.24, 2.45) is 0 Å². The van der Waals surface area contributed by atoms with Crippen LogP contribution in [0.1, 0.15) is 53.4 Å². The molecular weight excluding hydrogens is 554 g/mol. The van der Waals surface area contributed by atoms with Crippen molar-refractivity contribution in [2.75, 3.05) is 34.4 Å². The van der Waals surface area contributed by atoms with Crippen molar-refractivity contribution in [1.29, 1.82) is 0 Å². The van der Waals surface area contributed by atoms with Crippen LogP contribution in [0.5, 0.6) is 17.2 Å². The van der Waals surface area contributed by atoms with E-state index in [4.69, 9.17) is 14.2 Å². The summed E-state index contributed by atoms with van der Waals surface area (Å²) in [6, 6.07) is 27.1. The number of methoxy groups -OCH3 is 3. The van der Waals surface area contributed by atoms with Crippen molar-refractivity contribution in [1.82, 2.24) is 14.4 Å². The van der Waals surface area contributed by atoms with Crippen molar-refractivity contribution >= 4 is 11.8 Å². The minimum atomic E-state index is -0.241. The summed E-state index contributed by atoms with van der Waals surface area (Å²) in [4.78, 5) is 31.5. The lowest BCUT2D eigenvalue weighted by atomic mass is 10.1. The van der Waals surface area contributed by atoms with E-state index in [-0.39, 0.29) is 18.4 Å². The molecule has 0 N–H and O–H groups in total. The van der Waals surface area contributed by atoms with Crippen molar-refractivity contribution in [3.05, 3.63) is 114 Å². The van der Waals surface area contributed by atoms with Crippen LogP contribution >= 0.6 is 0 Å². The van der Waals surface area contributed by atoms with Crippen molar-refractivity contribution in [3.63, 3.8) is 0 Å². The molecule has 0 spiro atoms. The van der Waals surface area contributed by atoms with Gasteiger partial charge in [-0.3, -0.25) is 9.59 Å². The molecule has 1 heterocycles. The highest BCUT2D eigenvalue weighted by molar-refractivity contribution is 5.99. The second kappa shape index (κ2) is 16.2. The average Bonchev–Trinajstić information content (AvgIpc) is 3.49. The molecule has 2 amide bonds. The van der Waals surface area contributed by atoms with E-state index in [1.54, 1.807) is 37.3 Å². The second-order valence-corrected chi connectivity index (χ2v) is 10.7. The molecule has 8 heteroatoms. The van der Waals surface area contributed by atoms with Gasteiger partial charge in [0, 0.05) is 37.6 Å². The third-order valence-corrected chi connectivity index (χ3v) is 7.62. The van der Waals surface area contributed by atoms with Crippen LogP contribution in [0.4, 0.5) is 0 Å². The zero-order valence-corrected chi connectivity index (χ0v) is 26.2. The molecular formula is C36H43N3O5. The van der Waals surface area contributed by atoms with E-state index in [0.29, 0.717) is 43.2 Å². The molecule has 0 saturated carbocycles. The summed E-state index contributed by atoms with van der Waals surface area (Å²) in [5.74, 6) is 1.45. The second-order valence-electron chi connectivity index (χ2n) is 10.7. The van der Waals surface area contributed by atoms with E-state index in [9.17, 15) is 9.59 Å². The van der Waals surface area contributed by atoms with Crippen molar-refractivity contribution in [2.45, 2.75) is 45.8 Å². The number of amides is 2. The van der Waals surface area contributed by atoms with Crippen LogP contribution in [0.25, 0.3) is 0 Å². The smallest absolute Gasteiger partial charge is 0.258 e. The van der Waals surface area contributed by atoms with E-state index in [1.807, 2.05) is 71.8 Å². The van der Waals surface area contributed by atoms with Gasteiger partial charge in [-0.2, -0.15) is 0 Å². The molecule has 0 bridgehead atoms. The van der Waals surface area contributed by atoms with E-state index in [0.717, 1.165) is 41.8 Å². The Kier molecular flexibility index (Phi) is 11.9. The van der Waals surface area contributed by atoms with Gasteiger partial charge in [0.25, 0.3) is 5.91 Å². The number of aromatic nitrogens is 1. The summed E-state index contributed by atoms with van der Waals surface area (Å²) >= 11 is 0. The van der Waals surface area contributed by atoms with Crippen LogP contribution in [-0.2, 0) is 24.4 Å². The highest BCUT2D eigenvalue weighted by Crippen LogP contribution is 2.26. The van der Waals surface area contributed by atoms with Crippen LogP contribution in [0.2, 0.25) is 0 Å². The molecule has 44 heavy (non-hydrogen) atoms. The molecule has 4 rings (SSSR count). The normalized spacial score (nSPS) is 10.7. The van der Waals surface area contributed by atoms with Crippen LogP contribution in [0.3, 0.4) is 0 Å². The van der Waals surface area contributed by atoms with Gasteiger partial charge in [0.2, 0.25) is 5.91 Å². The molecule has 1 aromatic heterocycles. The van der Waals surface area contributed by atoms with Gasteiger partial charge in [0.1, 0.15) is 23.8 Å². The van der Waals surface area contributed by atoms with Crippen LogP contribution in [-0.4, -0.2) is 60.6 Å². The number of ether oxygens (including phenoxy) is 3. The zero-order valence-electron chi connectivity index (χ0n) is 26.2. The highest BCUT2D eigenvalue weighted by atomic mass is 16.5. The third-order valence-electron chi connectivity index (χ3n) is 7.62. The molecule has 0 aliphatic heterocycles. The Hall–Kier alpha value is -4.72. The number of nitrogens with zero attached hydrogens (tertiary/aromatic N) is 3. The number of rotatable bonds is 16. The summed E-state index contributed by atoms with van der Waals surface area (Å²) in [7, 11) is 4.76. The maximum atomic E-state index is 14.1. The zero-order chi connectivity index (χ0) is 31.3. The molecule has 0 radical (unpaired) electrons. The Morgan fingerprint density at radius 1 is 0.727 bits per heavy atom. The van der Waals surface area contributed by atoms with Gasteiger partial charge in [-0.15, -0.1) is 0 Å². The SMILES string of the molecule is CCCCCN(CC(=O)N(Cc1ccccc1)Cc1cccn1Cc1cccc(OC)c1)C(=O)c1ccc(OC)cc1OC. The molecule has 4 aromatic rings. The maximum Gasteiger partial charge on any atom is 0.258 e. The fourth-order valence-corrected chi connectivity index (χ4v) is 5.16. The Labute approximate surface area is 260 Å². The largest absolute Gasteiger partial charge is 0.497 e. The van der Waals surface area contributed by atoms with E-state index >= 15 is 0 Å². The monoisotopic (exact) mass is 597 g/mol. The number of unbranched alkanes of at least 4 members (excludes halogenated alkanes) is 2. The number of benzene rings is 3. The summed E-state index contributed by atoms with van der Waals surface area (Å²) < 4.78 is 18.4. The molecule has 0 unspecified atom stereocenters. The topological polar surface area (TPSA) is 73.2 Å². The molecule has 0 atom stereocenters. The summed E-state index contributed by atoms with van der Waals surface area (Å²) in [5.41, 5.74) is 3.52. The summed E-state index contributed by atoms with van der Waals surface area (Å²) in [6.07, 6.45) is 4.79. The molecule has 0 saturated heterocycles. The number of hydrogen-bond donors (Lipinski definition) is 0. The van der Waals surface area contributed by atoms with E-state index in [2.05, 4.69) is 17.6 Å². The summed E-state index contributed by atoms with van der Waals surface area (Å²) in [5, 5.41) is 0. The van der Waals surface area contributed by atoms with Crippen LogP contribution in [0.15, 0.2) is 91.1 Å². The fourth-order valence-electron chi connectivity index (χ4n) is 5.16. The molecule has 0 aliphatic carbocycles. The molecule has 8 nitrogen and oxygen atoms in total. The Morgan fingerprint density at radius 3 is 2.20 bits per heavy atom. The standard InChI is InChI=1S/C36H43N3O5/c1-5-6-10-20-38(36(41)33-19-18-32(43-3)23-34(33)44-4)27-35(40)39(24-28-13-8-7-9-14-28)26-30-16-12-21-37(30)25-29-15-11-17-31(22-29)42-2/h7-9,11-19,21-23H,5-6,10,20,24-27H2,1-4H3. The van der Waals surface area contributed by atoms with E-state index < -0.39 is 0 Å². The molecule has 0 aliphatic rings. The van der Waals surface area contributed by atoms with Gasteiger partial charge in [0.05, 0.1) is 33.4 Å². The molecule has 0 fully saturated rings. The Morgan fingerprint density at radius 2 is 1.48 bits per heavy atom. The van der Waals surface area contributed by atoms with Gasteiger partial charge in [-0.1, -0.05) is 62.2 Å². The lowest BCUT2D eigenvalue weighted by Crippen LogP contribution is -2.43. The van der Waals surface area contributed by atoms with Gasteiger partial charge >= 0.3 is 0 Å². The first-order valence-corrected chi connectivity index (χ1v) is 15.1. The Bertz CT molecular complexity index is 1500. The predicted octanol–water partition coefficient (Wildman–Crippen LogP) is 6.42. The third kappa shape index (κ3) is 8.66. The lowest BCUT2D eigenvalue weighted by molar-refractivity contribution is -0.133. The average molecular weight is 598 g/mol. The Balaban J connectivity index is 1.59. The van der Waals surface area contributed by atoms with Crippen LogP contribution < -0.4 is 14.2 Å². The predicted molar refractivity (Wildman–Crippen MR) is 172 cm³/mol. The lowest BCUT2D eigenvalue weighted by Gasteiger charge is -2.29. The van der Waals surface area contributed by atoms with Crippen LogP contribution in [0, 0.1) is 0 Å². The quantitative estimate of drug-likeness (QED) is 0.139.